The van der Waals surface area contributed by atoms with Crippen LogP contribution in [0, 0.1) is 6.92 Å². The Bertz CT molecular complexity index is 555. The van der Waals surface area contributed by atoms with Crippen molar-refractivity contribution >= 4 is 11.8 Å². The van der Waals surface area contributed by atoms with Gasteiger partial charge >= 0.3 is 0 Å². The van der Waals surface area contributed by atoms with Gasteiger partial charge in [-0.2, -0.15) is 0 Å². The Morgan fingerprint density at radius 1 is 1.33 bits per heavy atom. The van der Waals surface area contributed by atoms with E-state index < -0.39 is 0 Å². The maximum atomic E-state index is 5.45. The van der Waals surface area contributed by atoms with E-state index in [0.29, 0.717) is 22.4 Å². The van der Waals surface area contributed by atoms with Crippen molar-refractivity contribution in [3.05, 3.63) is 41.3 Å². The molecule has 1 aliphatic carbocycles. The Kier molecular flexibility index (Phi) is 3.09. The maximum Gasteiger partial charge on any atom is 0.276 e. The highest BCUT2D eigenvalue weighted by Crippen LogP contribution is 2.40. The number of benzene rings is 1. The van der Waals surface area contributed by atoms with Crippen molar-refractivity contribution in [3.8, 4) is 0 Å². The molecule has 0 bridgehead atoms. The van der Waals surface area contributed by atoms with E-state index >= 15 is 0 Å². The van der Waals surface area contributed by atoms with E-state index in [0.717, 1.165) is 6.42 Å². The normalized spacial score (nSPS) is 22.1. The van der Waals surface area contributed by atoms with Crippen LogP contribution in [0.1, 0.15) is 23.1 Å². The number of hydrogen-bond acceptors (Lipinski definition) is 5. The molecule has 1 N–H and O–H groups in total. The molecular formula is C13H15N3OS. The van der Waals surface area contributed by atoms with E-state index in [4.69, 9.17) is 4.42 Å². The summed E-state index contributed by atoms with van der Waals surface area (Å²) in [6, 6.07) is 8.91. The predicted molar refractivity (Wildman–Crippen MR) is 70.6 cm³/mol. The molecule has 0 amide bonds. The minimum absolute atomic E-state index is 0.346. The van der Waals surface area contributed by atoms with Crippen LogP contribution < -0.4 is 5.32 Å². The molecule has 0 saturated heterocycles. The van der Waals surface area contributed by atoms with Gasteiger partial charge in [-0.05, 0) is 24.6 Å². The number of aromatic nitrogens is 2. The van der Waals surface area contributed by atoms with Gasteiger partial charge in [0.15, 0.2) is 0 Å². The first-order valence-electron chi connectivity index (χ1n) is 6.00. The fraction of sp³-hybridized carbons (Fsp3) is 0.385. The van der Waals surface area contributed by atoms with Crippen LogP contribution in [0.25, 0.3) is 0 Å². The van der Waals surface area contributed by atoms with Gasteiger partial charge in [0, 0.05) is 18.2 Å². The average Bonchev–Trinajstić information content (AvgIpc) is 2.92. The van der Waals surface area contributed by atoms with E-state index in [9.17, 15) is 0 Å². The van der Waals surface area contributed by atoms with Gasteiger partial charge in [0.2, 0.25) is 5.89 Å². The van der Waals surface area contributed by atoms with E-state index in [1.807, 2.05) is 14.0 Å². The molecule has 18 heavy (non-hydrogen) atoms. The molecule has 0 aliphatic heterocycles. The molecule has 0 spiro atoms. The second-order valence-corrected chi connectivity index (χ2v) is 5.60. The summed E-state index contributed by atoms with van der Waals surface area (Å²) in [6.07, 6.45) is 1.04. The summed E-state index contributed by atoms with van der Waals surface area (Å²) < 4.78 is 5.45. The monoisotopic (exact) mass is 261 g/mol. The fourth-order valence-electron chi connectivity index (χ4n) is 2.47. The smallest absolute Gasteiger partial charge is 0.276 e. The van der Waals surface area contributed by atoms with Gasteiger partial charge < -0.3 is 9.73 Å². The quantitative estimate of drug-likeness (QED) is 0.919. The molecule has 1 aromatic carbocycles. The first kappa shape index (κ1) is 11.7. The van der Waals surface area contributed by atoms with Crippen LogP contribution in [0.3, 0.4) is 0 Å². The third-order valence-electron chi connectivity index (χ3n) is 3.25. The van der Waals surface area contributed by atoms with Gasteiger partial charge in [0.05, 0.1) is 0 Å². The summed E-state index contributed by atoms with van der Waals surface area (Å²) in [5.74, 6) is 0.619. The summed E-state index contributed by atoms with van der Waals surface area (Å²) in [4.78, 5) is 0. The lowest BCUT2D eigenvalue weighted by Gasteiger charge is -2.17. The molecule has 0 fully saturated rings. The van der Waals surface area contributed by atoms with Crippen molar-refractivity contribution in [3.63, 3.8) is 0 Å². The topological polar surface area (TPSA) is 51.0 Å². The molecule has 2 unspecified atom stereocenters. The van der Waals surface area contributed by atoms with E-state index in [1.54, 1.807) is 11.8 Å². The summed E-state index contributed by atoms with van der Waals surface area (Å²) in [5, 5.41) is 12.4. The van der Waals surface area contributed by atoms with E-state index in [2.05, 4.69) is 39.8 Å². The number of aryl methyl sites for hydroxylation is 1. The average molecular weight is 261 g/mol. The van der Waals surface area contributed by atoms with Crippen LogP contribution in [-0.2, 0) is 6.42 Å². The van der Waals surface area contributed by atoms with Crippen molar-refractivity contribution in [1.82, 2.24) is 15.5 Å². The zero-order chi connectivity index (χ0) is 12.5. The fourth-order valence-corrected chi connectivity index (χ4v) is 3.66. The standard InChI is InChI=1S/C13H15N3OS/c1-8-15-16-13(17-8)18-11-7-9-5-3-4-6-10(9)12(11)14-2/h3-6,11-12,14H,7H2,1-2H3. The molecule has 2 aromatic rings. The number of fused-ring (bicyclic) bond motifs is 1. The molecule has 2 atom stereocenters. The highest BCUT2D eigenvalue weighted by Gasteiger charge is 2.33. The van der Waals surface area contributed by atoms with Crippen LogP contribution in [0.15, 0.2) is 33.9 Å². The molecule has 0 radical (unpaired) electrons. The van der Waals surface area contributed by atoms with Crippen molar-refractivity contribution in [2.24, 2.45) is 0 Å². The van der Waals surface area contributed by atoms with Crippen LogP contribution in [0.2, 0.25) is 0 Å². The first-order valence-corrected chi connectivity index (χ1v) is 6.87. The van der Waals surface area contributed by atoms with Crippen LogP contribution in [0.5, 0.6) is 0 Å². The molecule has 1 aliphatic rings. The second kappa shape index (κ2) is 4.74. The number of rotatable bonds is 3. The van der Waals surface area contributed by atoms with Crippen LogP contribution in [0.4, 0.5) is 0 Å². The molecule has 4 nitrogen and oxygen atoms in total. The Balaban J connectivity index is 1.83. The molecule has 3 rings (SSSR count). The van der Waals surface area contributed by atoms with Gasteiger partial charge in [-0.1, -0.05) is 36.0 Å². The second-order valence-electron chi connectivity index (χ2n) is 4.41. The number of thioether (sulfide) groups is 1. The molecule has 94 valence electrons. The largest absolute Gasteiger partial charge is 0.416 e. The number of nitrogens with zero attached hydrogens (tertiary/aromatic N) is 2. The zero-order valence-corrected chi connectivity index (χ0v) is 11.2. The Hall–Kier alpha value is -1.33. The van der Waals surface area contributed by atoms with Gasteiger partial charge in [-0.15, -0.1) is 10.2 Å². The third-order valence-corrected chi connectivity index (χ3v) is 4.36. The van der Waals surface area contributed by atoms with Gasteiger partial charge in [-0.25, -0.2) is 0 Å². The third kappa shape index (κ3) is 2.04. The van der Waals surface area contributed by atoms with Crippen molar-refractivity contribution in [2.75, 3.05) is 7.05 Å². The maximum absolute atomic E-state index is 5.45. The van der Waals surface area contributed by atoms with Crippen LogP contribution in [-0.4, -0.2) is 22.5 Å². The highest BCUT2D eigenvalue weighted by molar-refractivity contribution is 7.99. The van der Waals surface area contributed by atoms with Gasteiger partial charge in [-0.3, -0.25) is 0 Å². The minimum atomic E-state index is 0.346. The van der Waals surface area contributed by atoms with Gasteiger partial charge in [0.1, 0.15) is 0 Å². The summed E-state index contributed by atoms with van der Waals surface area (Å²) in [7, 11) is 2.00. The van der Waals surface area contributed by atoms with Gasteiger partial charge in [0.25, 0.3) is 5.22 Å². The Labute approximate surface area is 110 Å². The minimum Gasteiger partial charge on any atom is -0.416 e. The van der Waals surface area contributed by atoms with E-state index in [1.165, 1.54) is 11.1 Å². The van der Waals surface area contributed by atoms with E-state index in [-0.39, 0.29) is 0 Å². The lowest BCUT2D eigenvalue weighted by molar-refractivity contribution is 0.427. The summed E-state index contributed by atoms with van der Waals surface area (Å²) in [6.45, 7) is 1.82. The van der Waals surface area contributed by atoms with Crippen LogP contribution >= 0.6 is 11.8 Å². The molecule has 5 heteroatoms. The molecule has 1 heterocycles. The first-order chi connectivity index (χ1) is 8.78. The van der Waals surface area contributed by atoms with Crippen molar-refractivity contribution < 1.29 is 4.42 Å². The number of hydrogen-bond donors (Lipinski definition) is 1. The number of nitrogens with one attached hydrogen (secondary N) is 1. The lowest BCUT2D eigenvalue weighted by Crippen LogP contribution is -2.23. The SMILES string of the molecule is CNC1c2ccccc2CC1Sc1nnc(C)o1. The summed E-state index contributed by atoms with van der Waals surface area (Å²) in [5.41, 5.74) is 2.79. The summed E-state index contributed by atoms with van der Waals surface area (Å²) >= 11 is 1.66. The Morgan fingerprint density at radius 3 is 2.89 bits per heavy atom. The zero-order valence-electron chi connectivity index (χ0n) is 10.4. The molecule has 1 aromatic heterocycles. The molecular weight excluding hydrogens is 246 g/mol. The Morgan fingerprint density at radius 2 is 2.17 bits per heavy atom. The lowest BCUT2D eigenvalue weighted by atomic mass is 10.1. The highest BCUT2D eigenvalue weighted by atomic mass is 32.2. The predicted octanol–water partition coefficient (Wildman–Crippen LogP) is 2.36. The van der Waals surface area contributed by atoms with Crippen molar-refractivity contribution in [2.45, 2.75) is 29.9 Å². The van der Waals surface area contributed by atoms with Crippen molar-refractivity contribution in [1.29, 1.82) is 0 Å². The molecule has 0 saturated carbocycles.